The summed E-state index contributed by atoms with van der Waals surface area (Å²) in [5, 5.41) is 5.56. The van der Waals surface area contributed by atoms with Crippen molar-refractivity contribution in [2.45, 2.75) is 39.0 Å². The van der Waals surface area contributed by atoms with Gasteiger partial charge in [0, 0.05) is 26.4 Å². The zero-order valence-electron chi connectivity index (χ0n) is 12.2. The minimum absolute atomic E-state index is 0.0303. The Labute approximate surface area is 121 Å². The fourth-order valence-electron chi connectivity index (χ4n) is 1.93. The van der Waals surface area contributed by atoms with Crippen molar-refractivity contribution in [3.8, 4) is 0 Å². The molecule has 0 radical (unpaired) electrons. The number of unbranched alkanes of at least 4 members (excludes halogenated alkanes) is 1. The van der Waals surface area contributed by atoms with Crippen LogP contribution in [0.15, 0.2) is 30.3 Å². The zero-order valence-corrected chi connectivity index (χ0v) is 12.2. The maximum Gasteiger partial charge on any atom is 0.219 e. The van der Waals surface area contributed by atoms with E-state index in [0.717, 1.165) is 25.7 Å². The highest BCUT2D eigenvalue weighted by molar-refractivity contribution is 5.75. The summed E-state index contributed by atoms with van der Waals surface area (Å²) in [5.74, 6) is 0.0677. The molecule has 0 spiro atoms. The molecular weight excluding hydrogens is 252 g/mol. The summed E-state index contributed by atoms with van der Waals surface area (Å²) in [6.45, 7) is 2.73. The number of carbonyl (C=O) groups excluding carboxylic acids is 2. The van der Waals surface area contributed by atoms with Crippen LogP contribution >= 0.6 is 0 Å². The highest BCUT2D eigenvalue weighted by Gasteiger charge is 2.00. The van der Waals surface area contributed by atoms with Gasteiger partial charge in [-0.1, -0.05) is 30.3 Å². The number of nitrogens with one attached hydrogen (secondary N) is 2. The van der Waals surface area contributed by atoms with Gasteiger partial charge in [-0.2, -0.15) is 0 Å². The molecule has 1 rings (SSSR count). The second kappa shape index (κ2) is 10.0. The minimum Gasteiger partial charge on any atom is -0.356 e. The van der Waals surface area contributed by atoms with Crippen LogP contribution in [-0.2, 0) is 16.0 Å². The molecule has 110 valence electrons. The van der Waals surface area contributed by atoms with Crippen LogP contribution in [0.4, 0.5) is 0 Å². The molecule has 20 heavy (non-hydrogen) atoms. The van der Waals surface area contributed by atoms with Crippen molar-refractivity contribution in [2.24, 2.45) is 0 Å². The second-order valence-electron chi connectivity index (χ2n) is 4.88. The molecule has 0 aliphatic rings. The first kappa shape index (κ1) is 16.2. The van der Waals surface area contributed by atoms with E-state index in [2.05, 4.69) is 22.8 Å². The summed E-state index contributed by atoms with van der Waals surface area (Å²) < 4.78 is 0. The number of aryl methyl sites for hydroxylation is 1. The van der Waals surface area contributed by atoms with Crippen LogP contribution in [0, 0.1) is 0 Å². The van der Waals surface area contributed by atoms with Crippen molar-refractivity contribution in [3.05, 3.63) is 35.9 Å². The topological polar surface area (TPSA) is 58.2 Å². The largest absolute Gasteiger partial charge is 0.356 e. The Kier molecular flexibility index (Phi) is 8.11. The molecular formula is C16H24N2O2. The Morgan fingerprint density at radius 1 is 0.950 bits per heavy atom. The quantitative estimate of drug-likeness (QED) is 0.678. The molecule has 4 heteroatoms. The molecule has 1 aromatic rings. The van der Waals surface area contributed by atoms with Gasteiger partial charge in [0.15, 0.2) is 0 Å². The maximum atomic E-state index is 11.6. The van der Waals surface area contributed by atoms with Crippen LogP contribution in [-0.4, -0.2) is 24.9 Å². The third-order valence-electron chi connectivity index (χ3n) is 3.01. The van der Waals surface area contributed by atoms with Gasteiger partial charge in [0.2, 0.25) is 11.8 Å². The Balaban J connectivity index is 1.96. The second-order valence-corrected chi connectivity index (χ2v) is 4.88. The van der Waals surface area contributed by atoms with Crippen molar-refractivity contribution in [1.82, 2.24) is 10.6 Å². The summed E-state index contributed by atoms with van der Waals surface area (Å²) in [7, 11) is 0. The summed E-state index contributed by atoms with van der Waals surface area (Å²) in [4.78, 5) is 22.2. The van der Waals surface area contributed by atoms with Gasteiger partial charge in [-0.3, -0.25) is 9.59 Å². The van der Waals surface area contributed by atoms with E-state index in [1.54, 1.807) is 0 Å². The summed E-state index contributed by atoms with van der Waals surface area (Å²) in [6.07, 6.45) is 4.31. The first-order valence-corrected chi connectivity index (χ1v) is 7.23. The van der Waals surface area contributed by atoms with Crippen molar-refractivity contribution in [2.75, 3.05) is 13.1 Å². The molecule has 0 aliphatic carbocycles. The normalized spacial score (nSPS) is 10.1. The van der Waals surface area contributed by atoms with Crippen LogP contribution in [0.3, 0.4) is 0 Å². The number of amides is 2. The molecule has 0 unspecified atom stereocenters. The molecule has 2 amide bonds. The number of carbonyl (C=O) groups is 2. The van der Waals surface area contributed by atoms with E-state index in [1.165, 1.54) is 12.5 Å². The fourth-order valence-corrected chi connectivity index (χ4v) is 1.93. The first-order chi connectivity index (χ1) is 9.68. The van der Waals surface area contributed by atoms with Gasteiger partial charge in [-0.15, -0.1) is 0 Å². The summed E-state index contributed by atoms with van der Waals surface area (Å²) in [6, 6.07) is 10.3. The predicted octanol–water partition coefficient (Wildman–Crippen LogP) is 2.04. The SMILES string of the molecule is CC(=O)NCCCNC(=O)CCCCc1ccccc1. The molecule has 0 saturated carbocycles. The zero-order chi connectivity index (χ0) is 14.6. The number of hydrogen-bond acceptors (Lipinski definition) is 2. The van der Waals surface area contributed by atoms with Crippen LogP contribution < -0.4 is 10.6 Å². The smallest absolute Gasteiger partial charge is 0.219 e. The standard InChI is InChI=1S/C16H24N2O2/c1-14(19)17-12-7-13-18-16(20)11-6-5-10-15-8-3-2-4-9-15/h2-4,8-9H,5-7,10-13H2,1H3,(H,17,19)(H,18,20). The molecule has 0 aromatic heterocycles. The molecule has 0 atom stereocenters. The van der Waals surface area contributed by atoms with Gasteiger partial charge in [0.25, 0.3) is 0 Å². The average molecular weight is 276 g/mol. The number of hydrogen-bond donors (Lipinski definition) is 2. The van der Waals surface area contributed by atoms with Gasteiger partial charge in [0.05, 0.1) is 0 Å². The van der Waals surface area contributed by atoms with Crippen LogP contribution in [0.1, 0.15) is 38.2 Å². The van der Waals surface area contributed by atoms with Crippen LogP contribution in [0.5, 0.6) is 0 Å². The van der Waals surface area contributed by atoms with Gasteiger partial charge in [0.1, 0.15) is 0 Å². The third-order valence-corrected chi connectivity index (χ3v) is 3.01. The van der Waals surface area contributed by atoms with E-state index in [9.17, 15) is 9.59 Å². The molecule has 2 N–H and O–H groups in total. The molecule has 0 aliphatic heterocycles. The van der Waals surface area contributed by atoms with Crippen molar-refractivity contribution in [3.63, 3.8) is 0 Å². The van der Waals surface area contributed by atoms with Gasteiger partial charge in [-0.05, 0) is 31.2 Å². The van der Waals surface area contributed by atoms with Gasteiger partial charge in [-0.25, -0.2) is 0 Å². The molecule has 0 fully saturated rings. The van der Waals surface area contributed by atoms with E-state index in [0.29, 0.717) is 19.5 Å². The van der Waals surface area contributed by atoms with Crippen LogP contribution in [0.2, 0.25) is 0 Å². The Hall–Kier alpha value is -1.84. The average Bonchev–Trinajstić information content (AvgIpc) is 2.44. The number of benzene rings is 1. The van der Waals surface area contributed by atoms with Crippen LogP contribution in [0.25, 0.3) is 0 Å². The van der Waals surface area contributed by atoms with Crippen molar-refractivity contribution >= 4 is 11.8 Å². The maximum absolute atomic E-state index is 11.6. The van der Waals surface area contributed by atoms with E-state index < -0.39 is 0 Å². The minimum atomic E-state index is -0.0303. The van der Waals surface area contributed by atoms with E-state index >= 15 is 0 Å². The molecule has 0 heterocycles. The Morgan fingerprint density at radius 2 is 1.65 bits per heavy atom. The first-order valence-electron chi connectivity index (χ1n) is 7.23. The lowest BCUT2D eigenvalue weighted by Crippen LogP contribution is -2.28. The monoisotopic (exact) mass is 276 g/mol. The molecule has 0 saturated heterocycles. The van der Waals surface area contributed by atoms with Gasteiger partial charge < -0.3 is 10.6 Å². The van der Waals surface area contributed by atoms with Crippen molar-refractivity contribution < 1.29 is 9.59 Å². The fraction of sp³-hybridized carbons (Fsp3) is 0.500. The van der Waals surface area contributed by atoms with Gasteiger partial charge >= 0.3 is 0 Å². The van der Waals surface area contributed by atoms with E-state index in [-0.39, 0.29) is 11.8 Å². The third kappa shape index (κ3) is 8.29. The molecule has 4 nitrogen and oxygen atoms in total. The lowest BCUT2D eigenvalue weighted by molar-refractivity contribution is -0.121. The highest BCUT2D eigenvalue weighted by atomic mass is 16.2. The Bertz CT molecular complexity index is 404. The highest BCUT2D eigenvalue weighted by Crippen LogP contribution is 2.05. The lowest BCUT2D eigenvalue weighted by atomic mass is 10.1. The van der Waals surface area contributed by atoms with E-state index in [4.69, 9.17) is 0 Å². The molecule has 0 bridgehead atoms. The Morgan fingerprint density at radius 3 is 2.35 bits per heavy atom. The predicted molar refractivity (Wildman–Crippen MR) is 80.3 cm³/mol. The summed E-state index contributed by atoms with van der Waals surface area (Å²) >= 11 is 0. The number of rotatable bonds is 9. The summed E-state index contributed by atoms with van der Waals surface area (Å²) in [5.41, 5.74) is 1.32. The molecule has 1 aromatic carbocycles. The van der Waals surface area contributed by atoms with Crippen molar-refractivity contribution in [1.29, 1.82) is 0 Å². The lowest BCUT2D eigenvalue weighted by Gasteiger charge is -2.06. The van der Waals surface area contributed by atoms with E-state index in [1.807, 2.05) is 18.2 Å².